The molecule has 0 heterocycles. The first kappa shape index (κ1) is 59.2. The van der Waals surface area contributed by atoms with Gasteiger partial charge in [0.25, 0.3) is 0 Å². The summed E-state index contributed by atoms with van der Waals surface area (Å²) < 4.78 is 33.6. The number of carbonyl (C=O) groups is 2. The molecule has 0 amide bonds. The van der Waals surface area contributed by atoms with E-state index in [2.05, 4.69) is 50.3 Å². The molecule has 0 aliphatic carbocycles. The Kier molecular flexibility index (Phi) is 44.9. The van der Waals surface area contributed by atoms with Gasteiger partial charge in [-0.15, -0.1) is 0 Å². The van der Waals surface area contributed by atoms with E-state index in [1.807, 2.05) is 19.0 Å². The summed E-state index contributed by atoms with van der Waals surface area (Å²) in [5.74, 6) is -0.802. The Hall–Kier alpha value is -1.77. The van der Waals surface area contributed by atoms with Crippen molar-refractivity contribution in [2.24, 2.45) is 0 Å². The third-order valence-corrected chi connectivity index (χ3v) is 11.9. The van der Waals surface area contributed by atoms with Gasteiger partial charge in [0.1, 0.15) is 6.61 Å². The van der Waals surface area contributed by atoms with Gasteiger partial charge in [-0.1, -0.05) is 185 Å². The predicted octanol–water partition coefficient (Wildman–Crippen LogP) is 15.1. The van der Waals surface area contributed by atoms with Gasteiger partial charge in [-0.3, -0.25) is 18.6 Å². The highest BCUT2D eigenvalue weighted by Crippen LogP contribution is 2.43. The number of ether oxygens (including phenoxy) is 2. The fraction of sp³-hybridized carbons (Fsp3) is 0.843. The van der Waals surface area contributed by atoms with Crippen LogP contribution >= 0.6 is 7.82 Å². The van der Waals surface area contributed by atoms with Gasteiger partial charge in [0.2, 0.25) is 0 Å². The van der Waals surface area contributed by atoms with Crippen LogP contribution < -0.4 is 0 Å². The van der Waals surface area contributed by atoms with Crippen LogP contribution in [0.4, 0.5) is 0 Å². The molecule has 61 heavy (non-hydrogen) atoms. The summed E-state index contributed by atoms with van der Waals surface area (Å²) in [6, 6.07) is 0. The smallest absolute Gasteiger partial charge is 0.462 e. The number of hydrogen-bond acceptors (Lipinski definition) is 8. The molecule has 1 N–H and O–H groups in total. The molecule has 0 spiro atoms. The maximum absolute atomic E-state index is 12.7. The summed E-state index contributed by atoms with van der Waals surface area (Å²) >= 11 is 0. The van der Waals surface area contributed by atoms with Crippen molar-refractivity contribution in [2.75, 3.05) is 40.5 Å². The van der Waals surface area contributed by atoms with Gasteiger partial charge in [-0.25, -0.2) is 4.57 Å². The number of nitrogens with zero attached hydrogens (tertiary/aromatic N) is 1. The normalized spacial score (nSPS) is 13.5. The van der Waals surface area contributed by atoms with E-state index in [-0.39, 0.29) is 32.0 Å². The number of phosphoric acid groups is 1. The molecule has 0 radical (unpaired) electrons. The number of hydrogen-bond donors (Lipinski definition) is 1. The summed E-state index contributed by atoms with van der Waals surface area (Å²) in [5, 5.41) is 0. The second-order valence-electron chi connectivity index (χ2n) is 17.3. The zero-order valence-electron chi connectivity index (χ0n) is 40.1. The Bertz CT molecular complexity index is 1110. The molecule has 0 aromatic rings. The largest absolute Gasteiger partial charge is 0.472 e. The molecule has 0 aromatic carbocycles. The number of carbonyl (C=O) groups excluding carboxylic acids is 2. The lowest BCUT2D eigenvalue weighted by atomic mass is 10.1. The zero-order chi connectivity index (χ0) is 44.8. The van der Waals surface area contributed by atoms with Crippen molar-refractivity contribution in [3.05, 3.63) is 36.5 Å². The minimum atomic E-state index is -4.37. The van der Waals surface area contributed by atoms with Gasteiger partial charge in [0.05, 0.1) is 13.2 Å². The topological polar surface area (TPSA) is 112 Å². The standard InChI is InChI=1S/C51H96NO8P/c1-5-7-9-11-13-15-17-19-21-23-25-27-29-31-33-35-37-39-41-43-50(53)57-47-49(48-59-61(55,56)58-46-45-52(3)4)60-51(54)44-42-40-38-36-34-32-30-28-26-24-22-20-18-16-14-12-10-8-6-2/h14,16,19-22,49H,5-13,15,17-18,23-48H2,1-4H3,(H,55,56)/b16-14-,21-19-,22-20-. The number of phosphoric ester groups is 1. The van der Waals surface area contributed by atoms with Crippen molar-refractivity contribution >= 4 is 19.8 Å². The fourth-order valence-electron chi connectivity index (χ4n) is 7.01. The van der Waals surface area contributed by atoms with E-state index in [9.17, 15) is 19.0 Å². The van der Waals surface area contributed by atoms with E-state index in [4.69, 9.17) is 18.5 Å². The van der Waals surface area contributed by atoms with Crippen LogP contribution in [0.25, 0.3) is 0 Å². The van der Waals surface area contributed by atoms with Gasteiger partial charge in [0, 0.05) is 19.4 Å². The van der Waals surface area contributed by atoms with E-state index >= 15 is 0 Å². The minimum absolute atomic E-state index is 0.00659. The number of unbranched alkanes of at least 4 members (excludes halogenated alkanes) is 27. The van der Waals surface area contributed by atoms with Crippen molar-refractivity contribution in [1.82, 2.24) is 4.90 Å². The summed E-state index contributed by atoms with van der Waals surface area (Å²) in [6.07, 6.45) is 51.9. The number of allylic oxidation sites excluding steroid dienone is 6. The van der Waals surface area contributed by atoms with E-state index in [1.165, 1.54) is 148 Å². The Labute approximate surface area is 376 Å². The summed E-state index contributed by atoms with van der Waals surface area (Å²) in [4.78, 5) is 37.2. The monoisotopic (exact) mass is 882 g/mol. The molecule has 2 atom stereocenters. The first-order valence-electron chi connectivity index (χ1n) is 25.3. The maximum Gasteiger partial charge on any atom is 0.472 e. The van der Waals surface area contributed by atoms with Crippen LogP contribution in [0.15, 0.2) is 36.5 Å². The minimum Gasteiger partial charge on any atom is -0.462 e. The molecule has 358 valence electrons. The summed E-state index contributed by atoms with van der Waals surface area (Å²) in [5.41, 5.74) is 0. The third kappa shape index (κ3) is 47.5. The van der Waals surface area contributed by atoms with Crippen LogP contribution in [0.5, 0.6) is 0 Å². The van der Waals surface area contributed by atoms with Crippen LogP contribution in [-0.2, 0) is 32.7 Å². The molecular formula is C51H96NO8P. The molecule has 0 aromatic heterocycles. The van der Waals surface area contributed by atoms with Crippen molar-refractivity contribution in [2.45, 2.75) is 238 Å². The molecule has 0 fully saturated rings. The average molecular weight is 882 g/mol. The molecule has 0 bridgehead atoms. The Morgan fingerprint density at radius 1 is 0.508 bits per heavy atom. The van der Waals surface area contributed by atoms with Crippen LogP contribution in [0.3, 0.4) is 0 Å². The SMILES string of the molecule is CCCCC/C=C\C/C=C\CCCCCCCCCCCC(=O)OC(COC(=O)CCCCCCCCCCC/C=C\CCCCCCCC)COP(=O)(O)OCCN(C)C. The molecule has 0 aliphatic heterocycles. The molecule has 10 heteroatoms. The molecule has 0 saturated carbocycles. The van der Waals surface area contributed by atoms with Gasteiger partial charge in [0.15, 0.2) is 6.10 Å². The number of esters is 2. The van der Waals surface area contributed by atoms with Crippen LogP contribution in [0, 0.1) is 0 Å². The highest BCUT2D eigenvalue weighted by molar-refractivity contribution is 7.47. The molecule has 0 aliphatic rings. The number of rotatable bonds is 47. The first-order valence-corrected chi connectivity index (χ1v) is 26.8. The quantitative estimate of drug-likeness (QED) is 0.0276. The summed E-state index contributed by atoms with van der Waals surface area (Å²) in [6.45, 7) is 4.32. The predicted molar refractivity (Wildman–Crippen MR) is 257 cm³/mol. The molecular weight excluding hydrogens is 786 g/mol. The van der Waals surface area contributed by atoms with E-state index in [1.54, 1.807) is 0 Å². The first-order chi connectivity index (χ1) is 29.7. The Morgan fingerprint density at radius 2 is 0.885 bits per heavy atom. The van der Waals surface area contributed by atoms with Gasteiger partial charge in [-0.05, 0) is 84.7 Å². The molecule has 0 saturated heterocycles. The molecule has 9 nitrogen and oxygen atoms in total. The van der Waals surface area contributed by atoms with Crippen LogP contribution in [0.2, 0.25) is 0 Å². The maximum atomic E-state index is 12.7. The van der Waals surface area contributed by atoms with Crippen LogP contribution in [0.1, 0.15) is 232 Å². The Morgan fingerprint density at radius 3 is 1.34 bits per heavy atom. The van der Waals surface area contributed by atoms with Gasteiger partial charge < -0.3 is 19.3 Å². The fourth-order valence-corrected chi connectivity index (χ4v) is 7.75. The third-order valence-electron chi connectivity index (χ3n) is 10.9. The van der Waals surface area contributed by atoms with E-state index in [0.29, 0.717) is 13.0 Å². The highest BCUT2D eigenvalue weighted by Gasteiger charge is 2.26. The second kappa shape index (κ2) is 46.2. The van der Waals surface area contributed by atoms with E-state index in [0.717, 1.165) is 51.4 Å². The number of likely N-dealkylation sites (N-methyl/N-ethyl adjacent to an activating group) is 1. The van der Waals surface area contributed by atoms with Crippen molar-refractivity contribution in [1.29, 1.82) is 0 Å². The van der Waals surface area contributed by atoms with Crippen molar-refractivity contribution in [3.8, 4) is 0 Å². The summed E-state index contributed by atoms with van der Waals surface area (Å²) in [7, 11) is -0.713. The van der Waals surface area contributed by atoms with Gasteiger partial charge in [-0.2, -0.15) is 0 Å². The van der Waals surface area contributed by atoms with Crippen LogP contribution in [-0.4, -0.2) is 68.3 Å². The lowest BCUT2D eigenvalue weighted by molar-refractivity contribution is -0.161. The van der Waals surface area contributed by atoms with Gasteiger partial charge >= 0.3 is 19.8 Å². The lowest BCUT2D eigenvalue weighted by Crippen LogP contribution is -2.29. The van der Waals surface area contributed by atoms with E-state index < -0.39 is 26.5 Å². The second-order valence-corrected chi connectivity index (χ2v) is 18.8. The Balaban J connectivity index is 4.19. The lowest BCUT2D eigenvalue weighted by Gasteiger charge is -2.20. The van der Waals surface area contributed by atoms with Crippen molar-refractivity contribution < 1.29 is 37.6 Å². The highest BCUT2D eigenvalue weighted by atomic mass is 31.2. The average Bonchev–Trinajstić information content (AvgIpc) is 3.23. The zero-order valence-corrected chi connectivity index (χ0v) is 41.0. The van der Waals surface area contributed by atoms with Crippen molar-refractivity contribution in [3.63, 3.8) is 0 Å². The molecule has 0 rings (SSSR count). The molecule has 2 unspecified atom stereocenters.